The van der Waals surface area contributed by atoms with Crippen LogP contribution >= 0.6 is 7.82 Å². The van der Waals surface area contributed by atoms with Crippen LogP contribution < -0.4 is 5.32 Å². The number of ketones is 1. The molecule has 7 unspecified atom stereocenters. The lowest BCUT2D eigenvalue weighted by atomic mass is 9.91. The van der Waals surface area contributed by atoms with Gasteiger partial charge in [0, 0.05) is 38.1 Å². The van der Waals surface area contributed by atoms with Gasteiger partial charge in [-0.3, -0.25) is 42.7 Å². The highest BCUT2D eigenvalue weighted by molar-refractivity contribution is 7.47. The van der Waals surface area contributed by atoms with E-state index < -0.39 is 93.5 Å². The van der Waals surface area contributed by atoms with Crippen molar-refractivity contribution in [2.75, 3.05) is 32.9 Å². The van der Waals surface area contributed by atoms with Crippen molar-refractivity contribution in [3.8, 4) is 0 Å². The normalized spacial score (nSPS) is 19.0. The van der Waals surface area contributed by atoms with E-state index in [4.69, 9.17) is 18.5 Å². The van der Waals surface area contributed by atoms with Crippen molar-refractivity contribution >= 4 is 43.3 Å². The molecule has 7 atom stereocenters. The molecular weight excluding hydrogens is 611 g/mol. The van der Waals surface area contributed by atoms with Crippen LogP contribution in [0.2, 0.25) is 0 Å². The minimum absolute atomic E-state index is 0.0546. The molecule has 2 N–H and O–H groups in total. The first-order valence-electron chi connectivity index (χ1n) is 15.1. The van der Waals surface area contributed by atoms with E-state index in [-0.39, 0.29) is 25.3 Å². The largest absolute Gasteiger partial charge is 0.472 e. The molecule has 0 aromatic rings. The van der Waals surface area contributed by atoms with Gasteiger partial charge in [-0.1, -0.05) is 60.6 Å². The summed E-state index contributed by atoms with van der Waals surface area (Å²) in [5.41, 5.74) is 0. The maximum Gasteiger partial charge on any atom is 0.472 e. The summed E-state index contributed by atoms with van der Waals surface area (Å²) < 4.78 is 32.7. The molecule has 1 heterocycles. The fourth-order valence-corrected chi connectivity index (χ4v) is 4.78. The molecule has 0 aromatic heterocycles. The van der Waals surface area contributed by atoms with Gasteiger partial charge in [-0.15, -0.1) is 0 Å². The summed E-state index contributed by atoms with van der Waals surface area (Å²) in [5, 5.41) is 2.49. The van der Waals surface area contributed by atoms with Gasteiger partial charge >= 0.3 is 19.8 Å². The summed E-state index contributed by atoms with van der Waals surface area (Å²) in [6.45, 7) is 11.9. The summed E-state index contributed by atoms with van der Waals surface area (Å²) in [5.74, 6) is -4.66. The molecule has 1 fully saturated rings. The van der Waals surface area contributed by atoms with E-state index in [1.54, 1.807) is 6.92 Å². The standard InChI is InChI=1S/C30H49N2O12P/c1-18(2)19(3)9-10-20(4)21(5)30(38)42-17-25(16-41-24(8)33)44-45(39,40)43-14-13-31-29(37)23(7)22(6)26(34)15-32-27(35)11-12-28(32)36/h9-10,18-23,25H,11-17H2,1-8H3,(H,31,37)(H,39,40)/b10-9-. The molecular formula is C30H49N2O12P. The van der Waals surface area contributed by atoms with Gasteiger partial charge in [0.05, 0.1) is 19.1 Å². The highest BCUT2D eigenvalue weighted by Crippen LogP contribution is 2.44. The van der Waals surface area contributed by atoms with E-state index in [9.17, 15) is 38.2 Å². The molecule has 256 valence electrons. The van der Waals surface area contributed by atoms with Crippen LogP contribution in [0.5, 0.6) is 0 Å². The van der Waals surface area contributed by atoms with Crippen molar-refractivity contribution in [3.05, 3.63) is 12.2 Å². The van der Waals surface area contributed by atoms with Gasteiger partial charge in [-0.05, 0) is 17.8 Å². The van der Waals surface area contributed by atoms with Crippen LogP contribution in [0.15, 0.2) is 12.2 Å². The Bertz CT molecular complexity index is 1120. The molecule has 0 saturated carbocycles. The lowest BCUT2D eigenvalue weighted by molar-refractivity contribution is -0.154. The monoisotopic (exact) mass is 660 g/mol. The SMILES string of the molecule is CC(=O)OCC(COC(=O)C(C)C(C)/C=C\C(C)C(C)C)OP(=O)(O)OCCNC(=O)C(C)C(C)C(=O)CN1C(=O)CCC1=O. The molecule has 3 amide bonds. The number of esters is 2. The fraction of sp³-hybridized carbons (Fsp3) is 0.733. The number of ether oxygens (including phenoxy) is 2. The zero-order valence-electron chi connectivity index (χ0n) is 27.5. The second kappa shape index (κ2) is 18.9. The fourth-order valence-electron chi connectivity index (χ4n) is 3.90. The Labute approximate surface area is 265 Å². The van der Waals surface area contributed by atoms with Crippen LogP contribution in [0.25, 0.3) is 0 Å². The third kappa shape index (κ3) is 14.4. The predicted octanol–water partition coefficient (Wildman–Crippen LogP) is 2.82. The maximum atomic E-state index is 12.6. The summed E-state index contributed by atoms with van der Waals surface area (Å²) in [7, 11) is -4.76. The summed E-state index contributed by atoms with van der Waals surface area (Å²) in [6.07, 6.45) is 2.77. The van der Waals surface area contributed by atoms with E-state index in [1.807, 2.05) is 19.1 Å². The third-order valence-corrected chi connectivity index (χ3v) is 8.97. The molecule has 0 aromatic carbocycles. The van der Waals surface area contributed by atoms with Crippen molar-refractivity contribution in [2.45, 2.75) is 74.3 Å². The summed E-state index contributed by atoms with van der Waals surface area (Å²) in [6, 6.07) is 0. The van der Waals surface area contributed by atoms with E-state index >= 15 is 0 Å². The smallest absolute Gasteiger partial charge is 0.463 e. The van der Waals surface area contributed by atoms with E-state index in [0.717, 1.165) is 11.8 Å². The van der Waals surface area contributed by atoms with Crippen LogP contribution in [-0.4, -0.2) is 84.3 Å². The number of allylic oxidation sites excluding steroid dienone is 2. The Morgan fingerprint density at radius 1 is 0.889 bits per heavy atom. The number of carbonyl (C=O) groups is 6. The molecule has 0 bridgehead atoms. The van der Waals surface area contributed by atoms with E-state index in [0.29, 0.717) is 11.8 Å². The van der Waals surface area contributed by atoms with Gasteiger partial charge in [0.1, 0.15) is 19.3 Å². The highest BCUT2D eigenvalue weighted by atomic mass is 31.2. The van der Waals surface area contributed by atoms with Crippen LogP contribution in [0.1, 0.15) is 68.2 Å². The third-order valence-electron chi connectivity index (χ3n) is 7.89. The van der Waals surface area contributed by atoms with Crippen molar-refractivity contribution in [3.63, 3.8) is 0 Å². The minimum Gasteiger partial charge on any atom is -0.463 e. The Balaban J connectivity index is 2.61. The molecule has 1 aliphatic heterocycles. The Morgan fingerprint density at radius 3 is 2.00 bits per heavy atom. The molecule has 1 rings (SSSR count). The van der Waals surface area contributed by atoms with Gasteiger partial charge in [-0.2, -0.15) is 0 Å². The van der Waals surface area contributed by atoms with Crippen molar-refractivity contribution < 1.29 is 56.7 Å². The Hall–Kier alpha value is -2.93. The van der Waals surface area contributed by atoms with Crippen molar-refractivity contribution in [1.29, 1.82) is 0 Å². The predicted molar refractivity (Wildman–Crippen MR) is 162 cm³/mol. The molecule has 1 aliphatic rings. The lowest BCUT2D eigenvalue weighted by Crippen LogP contribution is -2.41. The number of nitrogens with zero attached hydrogens (tertiary/aromatic N) is 1. The van der Waals surface area contributed by atoms with Crippen molar-refractivity contribution in [2.24, 2.45) is 35.5 Å². The minimum atomic E-state index is -4.76. The number of likely N-dealkylation sites (tertiary alicyclic amines) is 1. The summed E-state index contributed by atoms with van der Waals surface area (Å²) in [4.78, 5) is 83.6. The number of phosphoric acid groups is 1. The molecule has 45 heavy (non-hydrogen) atoms. The Kier molecular flexibility index (Phi) is 16.8. The van der Waals surface area contributed by atoms with Gasteiger partial charge in [0.2, 0.25) is 17.7 Å². The second-order valence-electron chi connectivity index (χ2n) is 11.8. The summed E-state index contributed by atoms with van der Waals surface area (Å²) >= 11 is 0. The van der Waals surface area contributed by atoms with Crippen LogP contribution in [-0.2, 0) is 51.9 Å². The van der Waals surface area contributed by atoms with Gasteiger partial charge in [0.25, 0.3) is 0 Å². The van der Waals surface area contributed by atoms with Crippen molar-refractivity contribution in [1.82, 2.24) is 10.2 Å². The van der Waals surface area contributed by atoms with Crippen LogP contribution in [0.3, 0.4) is 0 Å². The number of phosphoric ester groups is 1. The maximum absolute atomic E-state index is 12.6. The second-order valence-corrected chi connectivity index (χ2v) is 13.2. The average molecular weight is 661 g/mol. The molecule has 0 aliphatic carbocycles. The highest BCUT2D eigenvalue weighted by Gasteiger charge is 2.34. The molecule has 1 saturated heterocycles. The number of amides is 3. The van der Waals surface area contributed by atoms with E-state index in [1.165, 1.54) is 13.8 Å². The first-order valence-corrected chi connectivity index (χ1v) is 16.6. The average Bonchev–Trinajstić information content (AvgIpc) is 3.29. The lowest BCUT2D eigenvalue weighted by Gasteiger charge is -2.23. The number of rotatable bonds is 20. The first-order chi connectivity index (χ1) is 20.9. The topological polar surface area (TPSA) is 192 Å². The Morgan fingerprint density at radius 2 is 1.44 bits per heavy atom. The number of nitrogens with one attached hydrogen (secondary N) is 1. The quantitative estimate of drug-likeness (QED) is 0.0639. The van der Waals surface area contributed by atoms with Gasteiger partial charge in [0.15, 0.2) is 5.78 Å². The number of Topliss-reactive ketones (excluding diaryl/α,β-unsaturated/α-hetero) is 1. The number of imide groups is 1. The first kappa shape index (κ1) is 40.1. The zero-order valence-corrected chi connectivity index (χ0v) is 28.4. The van der Waals surface area contributed by atoms with Gasteiger partial charge < -0.3 is 19.7 Å². The number of hydrogen-bond acceptors (Lipinski definition) is 11. The molecule has 14 nitrogen and oxygen atoms in total. The van der Waals surface area contributed by atoms with Gasteiger partial charge in [-0.25, -0.2) is 4.57 Å². The number of hydrogen-bond donors (Lipinski definition) is 2. The molecule has 0 radical (unpaired) electrons. The van der Waals surface area contributed by atoms with Crippen LogP contribution in [0, 0.1) is 35.5 Å². The number of carbonyl (C=O) groups excluding carboxylic acids is 6. The zero-order chi connectivity index (χ0) is 34.5. The molecule has 15 heteroatoms. The van der Waals surface area contributed by atoms with E-state index in [2.05, 4.69) is 26.1 Å². The molecule has 0 spiro atoms. The van der Waals surface area contributed by atoms with Crippen LogP contribution in [0.4, 0.5) is 0 Å².